The van der Waals surface area contributed by atoms with Gasteiger partial charge in [-0.25, -0.2) is 0 Å². The van der Waals surface area contributed by atoms with Crippen molar-refractivity contribution in [1.29, 1.82) is 0 Å². The largest absolute Gasteiger partial charge is 0.452 e. The second-order valence-corrected chi connectivity index (χ2v) is 6.18. The molecular formula is C20H16O4S. The molecule has 5 heteroatoms. The van der Waals surface area contributed by atoms with E-state index in [-0.39, 0.29) is 0 Å². The quantitative estimate of drug-likeness (QED) is 0.488. The van der Waals surface area contributed by atoms with E-state index in [1.807, 2.05) is 60.7 Å². The first kappa shape index (κ1) is 16.9. The smallest absolute Gasteiger partial charge is 0.323 e. The Bertz CT molecular complexity index is 774. The van der Waals surface area contributed by atoms with Crippen molar-refractivity contribution in [1.82, 2.24) is 0 Å². The monoisotopic (exact) mass is 352 g/mol. The van der Waals surface area contributed by atoms with Gasteiger partial charge in [-0.2, -0.15) is 0 Å². The Morgan fingerprint density at radius 1 is 0.800 bits per heavy atom. The summed E-state index contributed by atoms with van der Waals surface area (Å²) in [6.45, 7) is 0. The summed E-state index contributed by atoms with van der Waals surface area (Å²) in [6, 6.07) is 22.3. The van der Waals surface area contributed by atoms with Gasteiger partial charge in [0.05, 0.1) is 0 Å². The van der Waals surface area contributed by atoms with Crippen LogP contribution in [-0.4, -0.2) is 11.9 Å². The van der Waals surface area contributed by atoms with E-state index in [1.165, 1.54) is 11.3 Å². The number of carbonyl (C=O) groups is 2. The predicted molar refractivity (Wildman–Crippen MR) is 95.4 cm³/mol. The molecule has 0 spiro atoms. The van der Waals surface area contributed by atoms with Crippen LogP contribution in [0.5, 0.6) is 5.06 Å². The first-order valence-electron chi connectivity index (χ1n) is 7.76. The van der Waals surface area contributed by atoms with E-state index in [1.54, 1.807) is 17.5 Å². The topological polar surface area (TPSA) is 52.6 Å². The Labute approximate surface area is 149 Å². The van der Waals surface area contributed by atoms with E-state index < -0.39 is 24.5 Å². The second kappa shape index (κ2) is 8.26. The molecule has 4 nitrogen and oxygen atoms in total. The fourth-order valence-electron chi connectivity index (χ4n) is 2.34. The van der Waals surface area contributed by atoms with E-state index in [0.717, 1.165) is 11.1 Å². The number of hydrogen-bond acceptors (Lipinski definition) is 5. The molecule has 0 radical (unpaired) electrons. The van der Waals surface area contributed by atoms with Crippen molar-refractivity contribution in [2.24, 2.45) is 0 Å². The van der Waals surface area contributed by atoms with Gasteiger partial charge < -0.3 is 9.47 Å². The van der Waals surface area contributed by atoms with Crippen molar-refractivity contribution in [3.05, 3.63) is 89.3 Å². The van der Waals surface area contributed by atoms with Gasteiger partial charge in [0.2, 0.25) is 0 Å². The summed E-state index contributed by atoms with van der Waals surface area (Å²) in [5.74, 6) is -1.26. The summed E-state index contributed by atoms with van der Waals surface area (Å²) in [5, 5.41) is 2.25. The van der Waals surface area contributed by atoms with Crippen LogP contribution in [0, 0.1) is 0 Å². The minimum Gasteiger partial charge on any atom is -0.452 e. The predicted octanol–water partition coefficient (Wildman–Crippen LogP) is 4.38. The van der Waals surface area contributed by atoms with E-state index in [2.05, 4.69) is 0 Å². The molecule has 2 aromatic carbocycles. The standard InChI is InChI=1S/C20H16O4S/c21-17(23-19-12-7-13-25-19)14-18(22)24-20(15-8-3-1-4-9-15)16-10-5-2-6-11-16/h1-13,20H,14H2. The van der Waals surface area contributed by atoms with Crippen LogP contribution in [0.1, 0.15) is 23.7 Å². The highest BCUT2D eigenvalue weighted by Crippen LogP contribution is 2.26. The van der Waals surface area contributed by atoms with Gasteiger partial charge in [0.1, 0.15) is 6.42 Å². The van der Waals surface area contributed by atoms with Crippen LogP contribution in [0.15, 0.2) is 78.2 Å². The molecule has 1 heterocycles. The highest BCUT2D eigenvalue weighted by Gasteiger charge is 2.21. The maximum Gasteiger partial charge on any atom is 0.323 e. The summed E-state index contributed by atoms with van der Waals surface area (Å²) in [4.78, 5) is 24.1. The average molecular weight is 352 g/mol. The molecule has 0 N–H and O–H groups in total. The fraction of sp³-hybridized carbons (Fsp3) is 0.100. The maximum absolute atomic E-state index is 12.2. The third-order valence-corrected chi connectivity index (χ3v) is 4.20. The summed E-state index contributed by atoms with van der Waals surface area (Å²) < 4.78 is 10.7. The molecule has 0 aliphatic carbocycles. The van der Waals surface area contributed by atoms with Gasteiger partial charge in [-0.3, -0.25) is 9.59 Å². The number of carbonyl (C=O) groups excluding carboxylic acids is 2. The highest BCUT2D eigenvalue weighted by atomic mass is 32.1. The molecular weight excluding hydrogens is 336 g/mol. The zero-order chi connectivity index (χ0) is 17.5. The first-order valence-corrected chi connectivity index (χ1v) is 8.64. The lowest BCUT2D eigenvalue weighted by atomic mass is 10.0. The van der Waals surface area contributed by atoms with E-state index >= 15 is 0 Å². The third-order valence-electron chi connectivity index (χ3n) is 3.45. The van der Waals surface area contributed by atoms with Crippen molar-refractivity contribution in [3.8, 4) is 5.06 Å². The first-order chi connectivity index (χ1) is 12.2. The molecule has 0 saturated heterocycles. The van der Waals surface area contributed by atoms with Crippen molar-refractivity contribution in [3.63, 3.8) is 0 Å². The molecule has 0 fully saturated rings. The van der Waals surface area contributed by atoms with Crippen molar-refractivity contribution >= 4 is 23.3 Å². The Morgan fingerprint density at radius 2 is 1.40 bits per heavy atom. The normalized spacial score (nSPS) is 10.4. The van der Waals surface area contributed by atoms with E-state index in [4.69, 9.17) is 9.47 Å². The van der Waals surface area contributed by atoms with Crippen molar-refractivity contribution in [2.45, 2.75) is 12.5 Å². The van der Waals surface area contributed by atoms with Gasteiger partial charge in [0.25, 0.3) is 0 Å². The molecule has 0 amide bonds. The Balaban J connectivity index is 1.70. The van der Waals surface area contributed by atoms with E-state index in [9.17, 15) is 9.59 Å². The molecule has 1 aromatic heterocycles. The molecule has 0 bridgehead atoms. The minimum atomic E-state index is -0.632. The zero-order valence-electron chi connectivity index (χ0n) is 13.3. The Morgan fingerprint density at radius 3 is 1.92 bits per heavy atom. The molecule has 0 unspecified atom stereocenters. The van der Waals surface area contributed by atoms with Crippen LogP contribution in [0.3, 0.4) is 0 Å². The van der Waals surface area contributed by atoms with E-state index in [0.29, 0.717) is 5.06 Å². The molecule has 0 saturated carbocycles. The summed E-state index contributed by atoms with van der Waals surface area (Å²) >= 11 is 1.29. The highest BCUT2D eigenvalue weighted by molar-refractivity contribution is 7.11. The van der Waals surface area contributed by atoms with Gasteiger partial charge in [-0.15, -0.1) is 11.3 Å². The SMILES string of the molecule is O=C(CC(=O)OC(c1ccccc1)c1ccccc1)Oc1cccs1. The average Bonchev–Trinajstić information content (AvgIpc) is 3.14. The molecule has 3 rings (SSSR count). The van der Waals surface area contributed by atoms with Gasteiger partial charge in [0.15, 0.2) is 11.2 Å². The fourth-order valence-corrected chi connectivity index (χ4v) is 2.93. The Hall–Kier alpha value is -2.92. The maximum atomic E-state index is 12.2. The lowest BCUT2D eigenvalue weighted by Gasteiger charge is -2.18. The number of esters is 2. The summed E-state index contributed by atoms with van der Waals surface area (Å²) in [5.41, 5.74) is 1.68. The lowest BCUT2D eigenvalue weighted by molar-refractivity contribution is -0.153. The van der Waals surface area contributed by atoms with Crippen LogP contribution in [-0.2, 0) is 14.3 Å². The number of thiophene rings is 1. The van der Waals surface area contributed by atoms with Crippen LogP contribution in [0.2, 0.25) is 0 Å². The van der Waals surface area contributed by atoms with Crippen LogP contribution >= 0.6 is 11.3 Å². The second-order valence-electron chi connectivity index (χ2n) is 5.27. The Kier molecular flexibility index (Phi) is 5.59. The van der Waals surface area contributed by atoms with Gasteiger partial charge >= 0.3 is 11.9 Å². The number of hydrogen-bond donors (Lipinski definition) is 0. The van der Waals surface area contributed by atoms with Crippen LogP contribution in [0.4, 0.5) is 0 Å². The number of benzene rings is 2. The summed E-state index contributed by atoms with van der Waals surface area (Å²) in [6.07, 6.45) is -1.00. The number of ether oxygens (including phenoxy) is 2. The molecule has 3 aromatic rings. The zero-order valence-corrected chi connectivity index (χ0v) is 14.1. The molecule has 0 aliphatic heterocycles. The molecule has 126 valence electrons. The minimum absolute atomic E-state index is 0.436. The van der Waals surface area contributed by atoms with Gasteiger partial charge in [0, 0.05) is 0 Å². The van der Waals surface area contributed by atoms with Crippen molar-refractivity contribution < 1.29 is 19.1 Å². The van der Waals surface area contributed by atoms with Gasteiger partial charge in [-0.1, -0.05) is 60.7 Å². The lowest BCUT2D eigenvalue weighted by Crippen LogP contribution is -2.18. The van der Waals surface area contributed by atoms with Crippen LogP contribution < -0.4 is 4.74 Å². The molecule has 0 aliphatic rings. The molecule has 25 heavy (non-hydrogen) atoms. The van der Waals surface area contributed by atoms with Crippen molar-refractivity contribution in [2.75, 3.05) is 0 Å². The third kappa shape index (κ3) is 4.78. The van der Waals surface area contributed by atoms with Crippen LogP contribution in [0.25, 0.3) is 0 Å². The number of rotatable bonds is 6. The molecule has 0 atom stereocenters. The summed E-state index contributed by atoms with van der Waals surface area (Å²) in [7, 11) is 0. The van der Waals surface area contributed by atoms with Gasteiger partial charge in [-0.05, 0) is 28.6 Å².